The predicted molar refractivity (Wildman–Crippen MR) is 48.5 cm³/mol. The average molecular weight is 260 g/mol. The van der Waals surface area contributed by atoms with E-state index in [4.69, 9.17) is 4.74 Å². The monoisotopic (exact) mass is 260 g/mol. The van der Waals surface area contributed by atoms with Gasteiger partial charge in [0.15, 0.2) is 0 Å². The van der Waals surface area contributed by atoms with Crippen molar-refractivity contribution >= 4 is 10.1 Å². The van der Waals surface area contributed by atoms with E-state index in [0.717, 1.165) is 0 Å². The molecule has 0 saturated carbocycles. The van der Waals surface area contributed by atoms with Gasteiger partial charge < -0.3 is 8.92 Å². The summed E-state index contributed by atoms with van der Waals surface area (Å²) in [6, 6.07) is 0. The maximum atomic E-state index is 12.0. The Labute approximate surface area is 91.2 Å². The lowest BCUT2D eigenvalue weighted by Crippen LogP contribution is -2.28. The van der Waals surface area contributed by atoms with Crippen LogP contribution in [0.5, 0.6) is 0 Å². The lowest BCUT2D eigenvalue weighted by atomic mass is 10.0. The first-order valence-corrected chi connectivity index (χ1v) is 5.92. The smallest absolute Gasteiger partial charge is 0.462 e. The molecule has 0 unspecified atom stereocenters. The van der Waals surface area contributed by atoms with Gasteiger partial charge in [0.05, 0.1) is 6.10 Å². The van der Waals surface area contributed by atoms with Crippen LogP contribution < -0.4 is 0 Å². The number of hydrogen-bond acceptors (Lipinski definition) is 4. The van der Waals surface area contributed by atoms with E-state index < -0.39 is 21.6 Å². The molecular weight excluding hydrogens is 249 g/mol. The molecule has 0 radical (unpaired) electrons. The summed E-state index contributed by atoms with van der Waals surface area (Å²) in [6.45, 7) is 3.34. The topological polar surface area (TPSA) is 52.6 Å². The molecule has 0 aromatic carbocycles. The molecule has 0 spiro atoms. The zero-order valence-electron chi connectivity index (χ0n) is 8.61. The van der Waals surface area contributed by atoms with Crippen molar-refractivity contribution in [3.8, 4) is 0 Å². The highest BCUT2D eigenvalue weighted by molar-refractivity contribution is 7.87. The number of halogens is 3. The lowest BCUT2D eigenvalue weighted by molar-refractivity contribution is -0.0599. The van der Waals surface area contributed by atoms with E-state index in [0.29, 0.717) is 6.42 Å². The maximum absolute atomic E-state index is 12.0. The average Bonchev–Trinajstić information content (AvgIpc) is 1.97. The van der Waals surface area contributed by atoms with E-state index in [1.165, 1.54) is 6.08 Å². The van der Waals surface area contributed by atoms with Crippen LogP contribution in [-0.4, -0.2) is 20.0 Å². The second-order valence-corrected chi connectivity index (χ2v) is 5.15. The van der Waals surface area contributed by atoms with E-state index in [1.54, 1.807) is 13.8 Å². The fourth-order valence-corrected chi connectivity index (χ4v) is 1.72. The van der Waals surface area contributed by atoms with E-state index in [2.05, 4.69) is 4.18 Å². The van der Waals surface area contributed by atoms with Crippen molar-refractivity contribution in [1.82, 2.24) is 0 Å². The van der Waals surface area contributed by atoms with Gasteiger partial charge in [0.25, 0.3) is 5.95 Å². The number of alkyl halides is 3. The van der Waals surface area contributed by atoms with Crippen LogP contribution in [0.1, 0.15) is 20.3 Å². The highest BCUT2D eigenvalue weighted by Crippen LogP contribution is 2.30. The summed E-state index contributed by atoms with van der Waals surface area (Å²) in [4.78, 5) is 0. The van der Waals surface area contributed by atoms with E-state index in [9.17, 15) is 21.6 Å². The summed E-state index contributed by atoms with van der Waals surface area (Å²) in [5, 5.41) is 0. The Morgan fingerprint density at radius 1 is 1.44 bits per heavy atom. The maximum Gasteiger partial charge on any atom is 0.534 e. The molecule has 0 saturated heterocycles. The number of ether oxygens (including phenoxy) is 1. The Hall–Kier alpha value is -0.920. The summed E-state index contributed by atoms with van der Waals surface area (Å²) in [6.07, 6.45) is 1.43. The first kappa shape index (κ1) is 13.1. The minimum atomic E-state index is -5.64. The zero-order valence-corrected chi connectivity index (χ0v) is 9.43. The Morgan fingerprint density at radius 2 is 2.00 bits per heavy atom. The summed E-state index contributed by atoms with van der Waals surface area (Å²) in [7, 11) is -5.64. The van der Waals surface area contributed by atoms with Crippen LogP contribution in [0.2, 0.25) is 0 Å². The van der Waals surface area contributed by atoms with Gasteiger partial charge in [0.2, 0.25) is 0 Å². The third-order valence-corrected chi connectivity index (χ3v) is 2.87. The Bertz CT molecular complexity index is 385. The minimum Gasteiger partial charge on any atom is -0.462 e. The Balaban J connectivity index is 2.83. The molecular formula is C8H11F3O4S. The van der Waals surface area contributed by atoms with Crippen LogP contribution in [0.15, 0.2) is 12.0 Å². The molecule has 94 valence electrons. The third kappa shape index (κ3) is 3.03. The minimum absolute atomic E-state index is 0.0952. The van der Waals surface area contributed by atoms with E-state index >= 15 is 0 Å². The van der Waals surface area contributed by atoms with Gasteiger partial charge in [-0.1, -0.05) is 6.92 Å². The van der Waals surface area contributed by atoms with Gasteiger partial charge in [-0.2, -0.15) is 21.6 Å². The predicted octanol–water partition coefficient (Wildman–Crippen LogP) is 2.14. The van der Waals surface area contributed by atoms with Gasteiger partial charge in [-0.15, -0.1) is 0 Å². The van der Waals surface area contributed by atoms with Crippen molar-refractivity contribution in [2.75, 3.05) is 0 Å². The van der Waals surface area contributed by atoms with Crippen LogP contribution in [0.4, 0.5) is 13.2 Å². The number of allylic oxidation sites excluding steroid dienone is 1. The van der Waals surface area contributed by atoms with E-state index in [-0.39, 0.29) is 12.0 Å². The molecule has 0 fully saturated rings. The highest BCUT2D eigenvalue weighted by Gasteiger charge is 2.49. The van der Waals surface area contributed by atoms with Crippen molar-refractivity contribution < 1.29 is 30.5 Å². The molecule has 0 N–H and O–H groups in total. The van der Waals surface area contributed by atoms with Crippen LogP contribution in [0.25, 0.3) is 0 Å². The van der Waals surface area contributed by atoms with Gasteiger partial charge in [-0.3, -0.25) is 0 Å². The van der Waals surface area contributed by atoms with Crippen LogP contribution in [0.3, 0.4) is 0 Å². The molecule has 16 heavy (non-hydrogen) atoms. The second-order valence-electron chi connectivity index (χ2n) is 3.61. The van der Waals surface area contributed by atoms with Crippen LogP contribution in [-0.2, 0) is 19.0 Å². The van der Waals surface area contributed by atoms with Gasteiger partial charge >= 0.3 is 15.6 Å². The summed E-state index contributed by atoms with van der Waals surface area (Å²) in [5.74, 6) is -0.703. The number of hydrogen-bond donors (Lipinski definition) is 0. The lowest BCUT2D eigenvalue weighted by Gasteiger charge is -2.24. The Kier molecular flexibility index (Phi) is 3.41. The fraction of sp³-hybridized carbons (Fsp3) is 0.750. The molecule has 0 bridgehead atoms. The third-order valence-electron chi connectivity index (χ3n) is 1.92. The SMILES string of the molecule is C[C@H]1C=C(OS(=O)(=O)C(F)(F)F)O[C@@H](C)C1. The second kappa shape index (κ2) is 4.15. The summed E-state index contributed by atoms with van der Waals surface area (Å²) in [5.41, 5.74) is -5.44. The molecule has 0 aromatic rings. The Morgan fingerprint density at radius 3 is 2.44 bits per heavy atom. The largest absolute Gasteiger partial charge is 0.534 e. The molecule has 1 rings (SSSR count). The molecule has 1 aliphatic rings. The molecule has 0 amide bonds. The van der Waals surface area contributed by atoms with E-state index in [1.807, 2.05) is 0 Å². The normalized spacial score (nSPS) is 26.9. The van der Waals surface area contributed by atoms with Crippen molar-refractivity contribution in [2.24, 2.45) is 5.92 Å². The molecule has 0 aromatic heterocycles. The van der Waals surface area contributed by atoms with Crippen molar-refractivity contribution in [1.29, 1.82) is 0 Å². The molecule has 1 aliphatic heterocycles. The van der Waals surface area contributed by atoms with Crippen molar-refractivity contribution in [3.63, 3.8) is 0 Å². The fourth-order valence-electron chi connectivity index (χ4n) is 1.31. The van der Waals surface area contributed by atoms with Gasteiger partial charge in [-0.25, -0.2) is 0 Å². The standard InChI is InChI=1S/C8H11F3O4S/c1-5-3-6(2)14-7(4-5)15-16(12,13)8(9,10)11/h4-6H,3H2,1-2H3/t5-,6+/m1/s1. The summed E-state index contributed by atoms with van der Waals surface area (Å²) >= 11 is 0. The first-order valence-electron chi connectivity index (χ1n) is 4.51. The zero-order chi connectivity index (χ0) is 12.6. The summed E-state index contributed by atoms with van der Waals surface area (Å²) < 4.78 is 66.0. The van der Waals surface area contributed by atoms with Gasteiger partial charge in [0.1, 0.15) is 0 Å². The molecule has 4 nitrogen and oxygen atoms in total. The highest BCUT2D eigenvalue weighted by atomic mass is 32.2. The van der Waals surface area contributed by atoms with Gasteiger partial charge in [0, 0.05) is 6.08 Å². The van der Waals surface area contributed by atoms with Crippen LogP contribution in [0, 0.1) is 5.92 Å². The first-order chi connectivity index (χ1) is 7.12. The molecule has 0 aliphatic carbocycles. The van der Waals surface area contributed by atoms with Crippen molar-refractivity contribution in [2.45, 2.75) is 31.9 Å². The molecule has 2 atom stereocenters. The number of rotatable bonds is 2. The molecule has 1 heterocycles. The quantitative estimate of drug-likeness (QED) is 0.564. The van der Waals surface area contributed by atoms with Crippen molar-refractivity contribution in [3.05, 3.63) is 12.0 Å². The van der Waals surface area contributed by atoms with Gasteiger partial charge in [-0.05, 0) is 19.3 Å². The van der Waals surface area contributed by atoms with Crippen LogP contribution >= 0.6 is 0 Å². The molecule has 8 heteroatoms.